The number of rotatable bonds is 1. The van der Waals surface area contributed by atoms with Crippen molar-refractivity contribution in [3.8, 4) is 11.3 Å². The molecule has 2 heterocycles. The zero-order chi connectivity index (χ0) is 12.2. The number of fused-ring (bicyclic) bond motifs is 3. The minimum atomic E-state index is -1.21. The molecular formula is C10H9N3O4. The van der Waals surface area contributed by atoms with E-state index in [0.717, 1.165) is 5.69 Å². The van der Waals surface area contributed by atoms with Gasteiger partial charge >= 0.3 is 5.97 Å². The number of carboxylic acid groups (broad SMARTS) is 1. The number of aromatic amines is 1. The summed E-state index contributed by atoms with van der Waals surface area (Å²) < 4.78 is 5.03. The lowest BCUT2D eigenvalue weighted by molar-refractivity contribution is 0.0678. The van der Waals surface area contributed by atoms with Gasteiger partial charge in [0.2, 0.25) is 0 Å². The van der Waals surface area contributed by atoms with E-state index in [2.05, 4.69) is 15.4 Å². The quantitative estimate of drug-likeness (QED) is 0.669. The first-order valence-corrected chi connectivity index (χ1v) is 5.04. The van der Waals surface area contributed by atoms with Crippen molar-refractivity contribution < 1.29 is 19.5 Å². The predicted molar refractivity (Wildman–Crippen MR) is 54.4 cm³/mol. The van der Waals surface area contributed by atoms with Crippen molar-refractivity contribution in [2.24, 2.45) is 0 Å². The Morgan fingerprint density at radius 2 is 2.35 bits per heavy atom. The molecule has 0 aromatic carbocycles. The van der Waals surface area contributed by atoms with Gasteiger partial charge in [-0.15, -0.1) is 0 Å². The molecule has 0 aliphatic heterocycles. The van der Waals surface area contributed by atoms with Crippen LogP contribution in [-0.4, -0.2) is 31.5 Å². The summed E-state index contributed by atoms with van der Waals surface area (Å²) in [5.41, 5.74) is 2.12. The molecule has 17 heavy (non-hydrogen) atoms. The zero-order valence-corrected chi connectivity index (χ0v) is 8.89. The van der Waals surface area contributed by atoms with Crippen LogP contribution in [0.3, 0.4) is 0 Å². The normalized spacial score (nSPS) is 17.6. The minimum Gasteiger partial charge on any atom is -0.476 e. The molecule has 2 aromatic rings. The number of aromatic carboxylic acids is 1. The lowest BCUT2D eigenvalue weighted by atomic mass is 9.91. The van der Waals surface area contributed by atoms with Crippen LogP contribution in [0.25, 0.3) is 11.3 Å². The Kier molecular flexibility index (Phi) is 1.87. The second-order valence-electron chi connectivity index (χ2n) is 3.97. The summed E-state index contributed by atoms with van der Waals surface area (Å²) >= 11 is 0. The van der Waals surface area contributed by atoms with Gasteiger partial charge in [-0.1, -0.05) is 5.16 Å². The van der Waals surface area contributed by atoms with Gasteiger partial charge in [0, 0.05) is 12.1 Å². The Morgan fingerprint density at radius 1 is 1.59 bits per heavy atom. The van der Waals surface area contributed by atoms with E-state index in [1.165, 1.54) is 0 Å². The molecule has 1 unspecified atom stereocenters. The number of aryl methyl sites for hydroxylation is 1. The Labute approximate surface area is 95.1 Å². The molecule has 0 bridgehead atoms. The molecule has 1 aliphatic rings. The van der Waals surface area contributed by atoms with Crippen molar-refractivity contribution in [2.75, 3.05) is 0 Å². The van der Waals surface area contributed by atoms with Gasteiger partial charge in [0.05, 0.1) is 22.9 Å². The van der Waals surface area contributed by atoms with E-state index < -0.39 is 12.1 Å². The van der Waals surface area contributed by atoms with Crippen molar-refractivity contribution in [3.63, 3.8) is 0 Å². The molecule has 3 rings (SSSR count). The number of carboxylic acids is 1. The molecule has 0 radical (unpaired) electrons. The average molecular weight is 235 g/mol. The maximum Gasteiger partial charge on any atom is 0.358 e. The van der Waals surface area contributed by atoms with Crippen LogP contribution < -0.4 is 0 Å². The number of nitrogens with zero attached hydrogens (tertiary/aromatic N) is 2. The molecule has 0 spiro atoms. The number of nitrogens with one attached hydrogen (secondary N) is 1. The van der Waals surface area contributed by atoms with E-state index in [-0.39, 0.29) is 17.7 Å². The zero-order valence-electron chi connectivity index (χ0n) is 8.89. The number of carbonyl (C=O) groups is 1. The average Bonchev–Trinajstić information content (AvgIpc) is 2.82. The van der Waals surface area contributed by atoms with Crippen molar-refractivity contribution in [1.29, 1.82) is 0 Å². The molecule has 7 heteroatoms. The first-order valence-electron chi connectivity index (χ1n) is 5.04. The number of hydrogen-bond acceptors (Lipinski definition) is 5. The van der Waals surface area contributed by atoms with Crippen LogP contribution in [0.1, 0.15) is 33.5 Å². The maximum absolute atomic E-state index is 11.0. The molecule has 1 atom stereocenters. The molecule has 0 fully saturated rings. The van der Waals surface area contributed by atoms with E-state index in [1.807, 2.05) is 0 Å². The monoisotopic (exact) mass is 235 g/mol. The van der Waals surface area contributed by atoms with Crippen LogP contribution in [0.4, 0.5) is 0 Å². The summed E-state index contributed by atoms with van der Waals surface area (Å²) in [6.07, 6.45) is -0.689. The van der Waals surface area contributed by atoms with Gasteiger partial charge in [-0.2, -0.15) is 5.10 Å². The third-order valence-corrected chi connectivity index (χ3v) is 2.90. The van der Waals surface area contributed by atoms with Gasteiger partial charge in [0.1, 0.15) is 0 Å². The molecule has 0 saturated carbocycles. The number of hydrogen-bond donors (Lipinski definition) is 3. The Morgan fingerprint density at radius 3 is 3.06 bits per heavy atom. The van der Waals surface area contributed by atoms with Crippen LogP contribution in [-0.2, 0) is 6.42 Å². The predicted octanol–water partition coefficient (Wildman–Crippen LogP) is 0.661. The van der Waals surface area contributed by atoms with Crippen molar-refractivity contribution >= 4 is 5.97 Å². The molecule has 0 saturated heterocycles. The third-order valence-electron chi connectivity index (χ3n) is 2.90. The van der Waals surface area contributed by atoms with Gasteiger partial charge < -0.3 is 14.7 Å². The second kappa shape index (κ2) is 3.17. The third kappa shape index (κ3) is 1.22. The summed E-state index contributed by atoms with van der Waals surface area (Å²) in [7, 11) is 0. The molecule has 7 nitrogen and oxygen atoms in total. The SMILES string of the molecule is Cc1[nH]nc2c1-c1onc(C(=O)O)c1C(O)C2. The van der Waals surface area contributed by atoms with Crippen LogP contribution in [0.15, 0.2) is 4.52 Å². The van der Waals surface area contributed by atoms with Gasteiger partial charge in [-0.05, 0) is 6.92 Å². The first-order chi connectivity index (χ1) is 8.09. The van der Waals surface area contributed by atoms with Crippen molar-refractivity contribution in [1.82, 2.24) is 15.4 Å². The molecule has 88 valence electrons. The summed E-state index contributed by atoms with van der Waals surface area (Å²) in [5, 5.41) is 29.2. The standard InChI is InChI=1S/C10H9N3O4/c1-3-6-4(12-11-3)2-5(14)7-8(10(15)16)13-17-9(6)7/h5,14H,2H2,1H3,(H,11,12)(H,15,16). The Balaban J connectivity index is 2.30. The highest BCUT2D eigenvalue weighted by Crippen LogP contribution is 2.40. The van der Waals surface area contributed by atoms with Crippen LogP contribution >= 0.6 is 0 Å². The topological polar surface area (TPSA) is 112 Å². The molecule has 1 aliphatic carbocycles. The molecule has 0 amide bonds. The summed E-state index contributed by atoms with van der Waals surface area (Å²) in [5.74, 6) is -0.916. The number of aromatic nitrogens is 3. The second-order valence-corrected chi connectivity index (χ2v) is 3.97. The highest BCUT2D eigenvalue weighted by molar-refractivity contribution is 5.90. The van der Waals surface area contributed by atoms with Crippen molar-refractivity contribution in [3.05, 3.63) is 22.6 Å². The van der Waals surface area contributed by atoms with E-state index in [0.29, 0.717) is 17.0 Å². The highest BCUT2D eigenvalue weighted by Gasteiger charge is 2.35. The van der Waals surface area contributed by atoms with Crippen LogP contribution in [0.2, 0.25) is 0 Å². The number of H-pyrrole nitrogens is 1. The Hall–Kier alpha value is -2.15. The van der Waals surface area contributed by atoms with Gasteiger partial charge in [-0.3, -0.25) is 5.10 Å². The molecule has 2 aromatic heterocycles. The first kappa shape index (κ1) is 10.0. The maximum atomic E-state index is 11.0. The van der Waals surface area contributed by atoms with E-state index in [1.54, 1.807) is 6.92 Å². The smallest absolute Gasteiger partial charge is 0.358 e. The fourth-order valence-electron chi connectivity index (χ4n) is 2.15. The van der Waals surface area contributed by atoms with E-state index >= 15 is 0 Å². The minimum absolute atomic E-state index is 0.231. The van der Waals surface area contributed by atoms with Crippen molar-refractivity contribution in [2.45, 2.75) is 19.4 Å². The number of aliphatic hydroxyl groups is 1. The highest BCUT2D eigenvalue weighted by atomic mass is 16.5. The van der Waals surface area contributed by atoms with E-state index in [9.17, 15) is 9.90 Å². The summed E-state index contributed by atoms with van der Waals surface area (Å²) in [6.45, 7) is 1.80. The molecule has 3 N–H and O–H groups in total. The fraction of sp³-hybridized carbons (Fsp3) is 0.300. The summed E-state index contributed by atoms with van der Waals surface area (Å²) in [4.78, 5) is 11.0. The van der Waals surface area contributed by atoms with Gasteiger partial charge in [0.15, 0.2) is 11.5 Å². The lowest BCUT2D eigenvalue weighted by Crippen LogP contribution is -2.13. The molecular weight excluding hydrogens is 226 g/mol. The van der Waals surface area contributed by atoms with Crippen LogP contribution in [0.5, 0.6) is 0 Å². The fourth-order valence-corrected chi connectivity index (χ4v) is 2.15. The summed E-state index contributed by atoms with van der Waals surface area (Å²) in [6, 6.07) is 0. The van der Waals surface area contributed by atoms with Crippen LogP contribution in [0, 0.1) is 6.92 Å². The largest absolute Gasteiger partial charge is 0.476 e. The van der Waals surface area contributed by atoms with E-state index in [4.69, 9.17) is 9.63 Å². The van der Waals surface area contributed by atoms with Gasteiger partial charge in [-0.25, -0.2) is 4.79 Å². The number of aliphatic hydroxyl groups excluding tert-OH is 1. The Bertz CT molecular complexity index is 613. The lowest BCUT2D eigenvalue weighted by Gasteiger charge is -2.15. The van der Waals surface area contributed by atoms with Gasteiger partial charge in [0.25, 0.3) is 0 Å².